The van der Waals surface area contributed by atoms with Crippen molar-refractivity contribution in [2.24, 2.45) is 0 Å². The number of H-pyrrole nitrogens is 1. The highest BCUT2D eigenvalue weighted by Crippen LogP contribution is 2.34. The number of nitrogens with zero attached hydrogens (tertiary/aromatic N) is 3. The minimum atomic E-state index is -0.0734. The molecular weight excluding hydrogens is 356 g/mol. The van der Waals surface area contributed by atoms with Gasteiger partial charge in [0.05, 0.1) is 11.1 Å². The number of amides is 1. The van der Waals surface area contributed by atoms with Crippen LogP contribution < -0.4 is 10.5 Å². The number of aromatic amines is 1. The molecule has 0 radical (unpaired) electrons. The van der Waals surface area contributed by atoms with Crippen molar-refractivity contribution < 1.29 is 4.79 Å². The minimum Gasteiger partial charge on any atom is -0.310 e. The molecule has 3 aromatic heterocycles. The summed E-state index contributed by atoms with van der Waals surface area (Å²) in [6, 6.07) is 0. The van der Waals surface area contributed by atoms with Crippen molar-refractivity contribution in [1.29, 1.82) is 0 Å². The Morgan fingerprint density at radius 1 is 1.36 bits per heavy atom. The van der Waals surface area contributed by atoms with E-state index in [9.17, 15) is 9.59 Å². The van der Waals surface area contributed by atoms with Crippen LogP contribution in [-0.4, -0.2) is 27.9 Å². The molecule has 1 N–H and O–H groups in total. The number of fused-ring (bicyclic) bond motifs is 3. The fraction of sp³-hybridized carbons (Fsp3) is 0.412. The fourth-order valence-corrected chi connectivity index (χ4v) is 5.23. The molecule has 8 heteroatoms. The molecule has 0 atom stereocenters. The zero-order valence-electron chi connectivity index (χ0n) is 14.1. The highest BCUT2D eigenvalue weighted by molar-refractivity contribution is 7.18. The van der Waals surface area contributed by atoms with Gasteiger partial charge in [0, 0.05) is 30.1 Å². The van der Waals surface area contributed by atoms with Crippen molar-refractivity contribution in [3.63, 3.8) is 0 Å². The molecule has 0 spiro atoms. The number of nitrogens with one attached hydrogen (secondary N) is 1. The van der Waals surface area contributed by atoms with Crippen LogP contribution in [0, 0.1) is 6.92 Å². The first-order valence-electron chi connectivity index (χ1n) is 8.25. The highest BCUT2D eigenvalue weighted by atomic mass is 32.1. The number of anilines is 1. The van der Waals surface area contributed by atoms with E-state index in [1.165, 1.54) is 21.8 Å². The summed E-state index contributed by atoms with van der Waals surface area (Å²) in [5.41, 5.74) is 2.01. The maximum absolute atomic E-state index is 12.4. The van der Waals surface area contributed by atoms with Crippen LogP contribution in [-0.2, 0) is 24.1 Å². The van der Waals surface area contributed by atoms with E-state index >= 15 is 0 Å². The standard InChI is InChI=1S/C17H18N4O2S2/c1-9-8-24-17(18-9)21(2)13(22)7-6-12-19-15(23)14-10-4-3-5-11(10)25-16(14)20-12/h8H,3-7H2,1-2H3,(H,19,20,23). The van der Waals surface area contributed by atoms with Gasteiger partial charge in [-0.25, -0.2) is 9.97 Å². The van der Waals surface area contributed by atoms with Gasteiger partial charge in [-0.3, -0.25) is 14.5 Å². The molecule has 0 bridgehead atoms. The van der Waals surface area contributed by atoms with Gasteiger partial charge in [-0.1, -0.05) is 0 Å². The average molecular weight is 374 g/mol. The molecule has 130 valence electrons. The van der Waals surface area contributed by atoms with E-state index in [4.69, 9.17) is 0 Å². The molecule has 0 aromatic carbocycles. The number of aromatic nitrogens is 3. The summed E-state index contributed by atoms with van der Waals surface area (Å²) in [5.74, 6) is 0.542. The molecule has 0 unspecified atom stereocenters. The van der Waals surface area contributed by atoms with E-state index < -0.39 is 0 Å². The number of hydrogen-bond donors (Lipinski definition) is 1. The lowest BCUT2D eigenvalue weighted by Crippen LogP contribution is -2.26. The Morgan fingerprint density at radius 3 is 2.96 bits per heavy atom. The van der Waals surface area contributed by atoms with E-state index in [-0.39, 0.29) is 17.9 Å². The Balaban J connectivity index is 1.51. The third kappa shape index (κ3) is 3.00. The van der Waals surface area contributed by atoms with Crippen LogP contribution in [0.25, 0.3) is 10.2 Å². The molecule has 0 aliphatic heterocycles. The van der Waals surface area contributed by atoms with Crippen molar-refractivity contribution in [1.82, 2.24) is 15.0 Å². The number of aryl methyl sites for hydroxylation is 4. The van der Waals surface area contributed by atoms with Crippen molar-refractivity contribution in [2.75, 3.05) is 11.9 Å². The molecule has 1 aliphatic rings. The first kappa shape index (κ1) is 16.4. The number of thiazole rings is 1. The third-order valence-electron chi connectivity index (χ3n) is 4.47. The SMILES string of the molecule is Cc1csc(N(C)C(=O)CCc2nc3sc4c(c3c(=O)[nH]2)CCC4)n1. The largest absolute Gasteiger partial charge is 0.310 e. The first-order chi connectivity index (χ1) is 12.0. The smallest absolute Gasteiger partial charge is 0.259 e. The maximum Gasteiger partial charge on any atom is 0.259 e. The van der Waals surface area contributed by atoms with Gasteiger partial charge in [0.2, 0.25) is 5.91 Å². The average Bonchev–Trinajstić information content (AvgIpc) is 3.27. The van der Waals surface area contributed by atoms with E-state index in [1.54, 1.807) is 23.3 Å². The van der Waals surface area contributed by atoms with Crippen LogP contribution >= 0.6 is 22.7 Å². The van der Waals surface area contributed by atoms with Gasteiger partial charge in [0.1, 0.15) is 10.7 Å². The molecular formula is C17H18N4O2S2. The van der Waals surface area contributed by atoms with Crippen molar-refractivity contribution in [3.05, 3.63) is 37.7 Å². The van der Waals surface area contributed by atoms with Gasteiger partial charge in [0.25, 0.3) is 5.56 Å². The Morgan fingerprint density at radius 2 is 2.20 bits per heavy atom. The molecule has 3 aromatic rings. The van der Waals surface area contributed by atoms with Crippen LogP contribution in [0.5, 0.6) is 0 Å². The molecule has 3 heterocycles. The molecule has 0 saturated carbocycles. The van der Waals surface area contributed by atoms with Crippen LogP contribution in [0.2, 0.25) is 0 Å². The van der Waals surface area contributed by atoms with E-state index in [0.29, 0.717) is 17.4 Å². The molecule has 1 aliphatic carbocycles. The minimum absolute atomic E-state index is 0.0363. The summed E-state index contributed by atoms with van der Waals surface area (Å²) in [7, 11) is 1.73. The summed E-state index contributed by atoms with van der Waals surface area (Å²) < 4.78 is 0. The van der Waals surface area contributed by atoms with Crippen molar-refractivity contribution >= 4 is 43.9 Å². The lowest BCUT2D eigenvalue weighted by molar-refractivity contribution is -0.118. The Hall–Kier alpha value is -2.06. The topological polar surface area (TPSA) is 79.0 Å². The number of carbonyl (C=O) groups excluding carboxylic acids is 1. The molecule has 1 amide bonds. The number of thiophene rings is 1. The van der Waals surface area contributed by atoms with Crippen LogP contribution in [0.3, 0.4) is 0 Å². The second kappa shape index (κ2) is 6.34. The summed E-state index contributed by atoms with van der Waals surface area (Å²) in [4.78, 5) is 40.2. The zero-order valence-corrected chi connectivity index (χ0v) is 15.7. The molecule has 6 nitrogen and oxygen atoms in total. The second-order valence-electron chi connectivity index (χ2n) is 6.27. The van der Waals surface area contributed by atoms with Gasteiger partial charge in [-0.2, -0.15) is 0 Å². The van der Waals surface area contributed by atoms with Gasteiger partial charge >= 0.3 is 0 Å². The molecule has 0 saturated heterocycles. The zero-order chi connectivity index (χ0) is 17.6. The number of rotatable bonds is 4. The predicted molar refractivity (Wildman–Crippen MR) is 101 cm³/mol. The van der Waals surface area contributed by atoms with E-state index in [1.807, 2.05) is 12.3 Å². The number of carbonyl (C=O) groups is 1. The van der Waals surface area contributed by atoms with Gasteiger partial charge < -0.3 is 4.98 Å². The summed E-state index contributed by atoms with van der Waals surface area (Å²) >= 11 is 3.07. The highest BCUT2D eigenvalue weighted by Gasteiger charge is 2.21. The van der Waals surface area contributed by atoms with Crippen LogP contribution in [0.15, 0.2) is 10.2 Å². The third-order valence-corrected chi connectivity index (χ3v) is 6.69. The van der Waals surface area contributed by atoms with Gasteiger partial charge in [-0.05, 0) is 31.7 Å². The van der Waals surface area contributed by atoms with E-state index in [0.717, 1.165) is 35.2 Å². The van der Waals surface area contributed by atoms with Crippen molar-refractivity contribution in [3.8, 4) is 0 Å². The Kier molecular flexibility index (Phi) is 4.16. The molecule has 25 heavy (non-hydrogen) atoms. The Bertz CT molecular complexity index is 1020. The summed E-state index contributed by atoms with van der Waals surface area (Å²) in [6.45, 7) is 1.90. The van der Waals surface area contributed by atoms with Crippen molar-refractivity contribution in [2.45, 2.75) is 39.0 Å². The second-order valence-corrected chi connectivity index (χ2v) is 8.19. The fourth-order valence-electron chi connectivity index (χ4n) is 3.16. The van der Waals surface area contributed by atoms with Crippen LogP contribution in [0.4, 0.5) is 5.13 Å². The van der Waals surface area contributed by atoms with Crippen LogP contribution in [0.1, 0.15) is 34.8 Å². The summed E-state index contributed by atoms with van der Waals surface area (Å²) in [6.07, 6.45) is 3.84. The summed E-state index contributed by atoms with van der Waals surface area (Å²) in [5, 5.41) is 3.36. The first-order valence-corrected chi connectivity index (χ1v) is 9.94. The van der Waals surface area contributed by atoms with Gasteiger partial charge in [-0.15, -0.1) is 22.7 Å². The molecule has 0 fully saturated rings. The maximum atomic E-state index is 12.4. The van der Waals surface area contributed by atoms with E-state index in [2.05, 4.69) is 15.0 Å². The lowest BCUT2D eigenvalue weighted by atomic mass is 10.2. The Labute approximate surface area is 152 Å². The lowest BCUT2D eigenvalue weighted by Gasteiger charge is -2.13. The normalized spacial score (nSPS) is 13.4. The predicted octanol–water partition coefficient (Wildman–Crippen LogP) is 2.83. The monoisotopic (exact) mass is 374 g/mol. The number of hydrogen-bond acceptors (Lipinski definition) is 6. The molecule has 4 rings (SSSR count). The quantitative estimate of drug-likeness (QED) is 0.762. The van der Waals surface area contributed by atoms with Gasteiger partial charge in [0.15, 0.2) is 5.13 Å².